The zero-order chi connectivity index (χ0) is 17.6. The van der Waals surface area contributed by atoms with E-state index in [1.54, 1.807) is 6.07 Å². The third-order valence-electron chi connectivity index (χ3n) is 6.00. The number of aryl methyl sites for hydroxylation is 2. The summed E-state index contributed by atoms with van der Waals surface area (Å²) in [7, 11) is 0. The zero-order valence-corrected chi connectivity index (χ0v) is 15.0. The lowest BCUT2D eigenvalue weighted by Gasteiger charge is -2.44. The molecule has 1 aromatic carbocycles. The number of piperidine rings is 1. The molecule has 0 saturated carbocycles. The molecule has 0 radical (unpaired) electrons. The van der Waals surface area contributed by atoms with Gasteiger partial charge in [0.25, 0.3) is 0 Å². The normalized spacial score (nSPS) is 29.3. The van der Waals surface area contributed by atoms with Crippen molar-refractivity contribution in [1.82, 2.24) is 14.7 Å². The van der Waals surface area contributed by atoms with Crippen molar-refractivity contribution in [2.75, 3.05) is 0 Å². The molecule has 0 spiro atoms. The standard InChI is InChI=1S/C20H26FN3O/c1-3-23-12-15(14(2)22-23)13-24-18-7-8-19(24)11-20(25,10-18)16-5-4-6-17(21)9-16/h4-6,9,12,18-19,25H,3,7-8,10-11,13H2,1-2H3. The molecule has 5 heteroatoms. The molecule has 2 aliphatic rings. The summed E-state index contributed by atoms with van der Waals surface area (Å²) in [6, 6.07) is 7.16. The Labute approximate surface area is 148 Å². The van der Waals surface area contributed by atoms with Crippen LogP contribution in [0.1, 0.15) is 49.4 Å². The van der Waals surface area contributed by atoms with Crippen LogP contribution in [-0.2, 0) is 18.7 Å². The van der Waals surface area contributed by atoms with E-state index in [0.29, 0.717) is 24.9 Å². The summed E-state index contributed by atoms with van der Waals surface area (Å²) in [5.41, 5.74) is 2.17. The third kappa shape index (κ3) is 3.00. The molecule has 1 aromatic heterocycles. The zero-order valence-electron chi connectivity index (χ0n) is 15.0. The summed E-state index contributed by atoms with van der Waals surface area (Å²) < 4.78 is 15.6. The first kappa shape index (κ1) is 16.7. The first-order chi connectivity index (χ1) is 12.0. The summed E-state index contributed by atoms with van der Waals surface area (Å²) in [6.45, 7) is 5.93. The van der Waals surface area contributed by atoms with Crippen LogP contribution in [0.4, 0.5) is 4.39 Å². The van der Waals surface area contributed by atoms with Crippen LogP contribution in [0.3, 0.4) is 0 Å². The highest BCUT2D eigenvalue weighted by atomic mass is 19.1. The minimum absolute atomic E-state index is 0.275. The third-order valence-corrected chi connectivity index (χ3v) is 6.00. The summed E-state index contributed by atoms with van der Waals surface area (Å²) in [5.74, 6) is -0.275. The topological polar surface area (TPSA) is 41.3 Å². The van der Waals surface area contributed by atoms with E-state index in [4.69, 9.17) is 0 Å². The summed E-state index contributed by atoms with van der Waals surface area (Å²) in [5, 5.41) is 15.8. The van der Waals surface area contributed by atoms with E-state index >= 15 is 0 Å². The van der Waals surface area contributed by atoms with Gasteiger partial charge in [-0.25, -0.2) is 4.39 Å². The highest BCUT2D eigenvalue weighted by molar-refractivity contribution is 5.26. The highest BCUT2D eigenvalue weighted by Crippen LogP contribution is 2.46. The smallest absolute Gasteiger partial charge is 0.123 e. The van der Waals surface area contributed by atoms with E-state index in [1.165, 1.54) is 17.7 Å². The second-order valence-corrected chi connectivity index (χ2v) is 7.60. The maximum Gasteiger partial charge on any atom is 0.123 e. The first-order valence-corrected chi connectivity index (χ1v) is 9.25. The van der Waals surface area contributed by atoms with Gasteiger partial charge in [-0.3, -0.25) is 9.58 Å². The minimum Gasteiger partial charge on any atom is -0.385 e. The van der Waals surface area contributed by atoms with Crippen molar-refractivity contribution < 1.29 is 9.50 Å². The highest BCUT2D eigenvalue weighted by Gasteiger charge is 2.48. The number of halogens is 1. The predicted octanol–water partition coefficient (Wildman–Crippen LogP) is 3.37. The lowest BCUT2D eigenvalue weighted by Crippen LogP contribution is -2.49. The molecule has 2 aliphatic heterocycles. The van der Waals surface area contributed by atoms with Crippen LogP contribution in [0, 0.1) is 12.7 Å². The van der Waals surface area contributed by atoms with Crippen molar-refractivity contribution in [3.63, 3.8) is 0 Å². The second-order valence-electron chi connectivity index (χ2n) is 7.60. The van der Waals surface area contributed by atoms with Gasteiger partial charge in [0, 0.05) is 36.9 Å². The Morgan fingerprint density at radius 3 is 2.60 bits per heavy atom. The molecular weight excluding hydrogens is 317 g/mol. The Kier molecular flexibility index (Phi) is 4.16. The molecule has 0 aliphatic carbocycles. The van der Waals surface area contributed by atoms with E-state index in [-0.39, 0.29) is 5.82 Å². The average Bonchev–Trinajstić information content (AvgIpc) is 3.06. The van der Waals surface area contributed by atoms with Crippen molar-refractivity contribution in [1.29, 1.82) is 0 Å². The van der Waals surface area contributed by atoms with E-state index in [2.05, 4.69) is 30.0 Å². The van der Waals surface area contributed by atoms with Gasteiger partial charge in [-0.05, 0) is 57.2 Å². The molecule has 25 heavy (non-hydrogen) atoms. The van der Waals surface area contributed by atoms with Gasteiger partial charge in [0.2, 0.25) is 0 Å². The van der Waals surface area contributed by atoms with Gasteiger partial charge in [0.1, 0.15) is 5.82 Å². The van der Waals surface area contributed by atoms with Crippen LogP contribution in [0.5, 0.6) is 0 Å². The lowest BCUT2D eigenvalue weighted by molar-refractivity contribution is -0.0597. The van der Waals surface area contributed by atoms with E-state index in [0.717, 1.165) is 37.2 Å². The molecule has 2 aromatic rings. The molecule has 2 unspecified atom stereocenters. The van der Waals surface area contributed by atoms with Gasteiger partial charge in [0.15, 0.2) is 0 Å². The number of nitrogens with zero attached hydrogens (tertiary/aromatic N) is 3. The van der Waals surface area contributed by atoms with Crippen molar-refractivity contribution in [2.24, 2.45) is 0 Å². The Morgan fingerprint density at radius 1 is 1.28 bits per heavy atom. The van der Waals surface area contributed by atoms with Crippen LogP contribution in [-0.4, -0.2) is 31.9 Å². The maximum atomic E-state index is 13.6. The Hall–Kier alpha value is -1.72. The van der Waals surface area contributed by atoms with Crippen LogP contribution in [0.15, 0.2) is 30.5 Å². The average molecular weight is 343 g/mol. The number of rotatable bonds is 4. The predicted molar refractivity (Wildman–Crippen MR) is 94.5 cm³/mol. The van der Waals surface area contributed by atoms with Crippen LogP contribution in [0.25, 0.3) is 0 Å². The molecule has 3 heterocycles. The summed E-state index contributed by atoms with van der Waals surface area (Å²) in [4.78, 5) is 2.53. The molecule has 2 bridgehead atoms. The Bertz CT molecular complexity index is 758. The first-order valence-electron chi connectivity index (χ1n) is 9.25. The molecular formula is C20H26FN3O. The van der Waals surface area contributed by atoms with Gasteiger partial charge in [-0.1, -0.05) is 12.1 Å². The van der Waals surface area contributed by atoms with Crippen LogP contribution < -0.4 is 0 Å². The molecule has 0 amide bonds. The van der Waals surface area contributed by atoms with Crippen molar-refractivity contribution >= 4 is 0 Å². The van der Waals surface area contributed by atoms with Crippen molar-refractivity contribution in [3.05, 3.63) is 53.1 Å². The molecule has 2 atom stereocenters. The van der Waals surface area contributed by atoms with E-state index in [9.17, 15) is 9.50 Å². The monoisotopic (exact) mass is 343 g/mol. The number of hydrogen-bond donors (Lipinski definition) is 1. The fourth-order valence-corrected chi connectivity index (χ4v) is 4.66. The quantitative estimate of drug-likeness (QED) is 0.925. The van der Waals surface area contributed by atoms with Crippen LogP contribution >= 0.6 is 0 Å². The van der Waals surface area contributed by atoms with Gasteiger partial charge in [0.05, 0.1) is 11.3 Å². The largest absolute Gasteiger partial charge is 0.385 e. The SMILES string of the molecule is CCn1cc(CN2C3CCC2CC(O)(c2cccc(F)c2)C3)c(C)n1. The number of benzene rings is 1. The molecule has 134 valence electrons. The second kappa shape index (κ2) is 6.22. The van der Waals surface area contributed by atoms with Crippen molar-refractivity contribution in [2.45, 2.75) is 70.3 Å². The lowest BCUT2D eigenvalue weighted by atomic mass is 9.80. The molecule has 4 rings (SSSR count). The van der Waals surface area contributed by atoms with E-state index in [1.807, 2.05) is 10.7 Å². The Morgan fingerprint density at radius 2 is 2.00 bits per heavy atom. The van der Waals surface area contributed by atoms with Gasteiger partial charge >= 0.3 is 0 Å². The van der Waals surface area contributed by atoms with Gasteiger partial charge < -0.3 is 5.11 Å². The van der Waals surface area contributed by atoms with E-state index < -0.39 is 5.60 Å². The molecule has 2 fully saturated rings. The molecule has 1 N–H and O–H groups in total. The summed E-state index contributed by atoms with van der Waals surface area (Å²) >= 11 is 0. The van der Waals surface area contributed by atoms with Crippen LogP contribution in [0.2, 0.25) is 0 Å². The number of aliphatic hydroxyl groups is 1. The maximum absolute atomic E-state index is 13.6. The van der Waals surface area contributed by atoms with Gasteiger partial charge in [-0.15, -0.1) is 0 Å². The number of hydrogen-bond acceptors (Lipinski definition) is 3. The summed E-state index contributed by atoms with van der Waals surface area (Å²) in [6.07, 6.45) is 5.69. The molecule has 4 nitrogen and oxygen atoms in total. The van der Waals surface area contributed by atoms with Gasteiger partial charge in [-0.2, -0.15) is 5.10 Å². The number of aromatic nitrogens is 2. The van der Waals surface area contributed by atoms with Crippen molar-refractivity contribution in [3.8, 4) is 0 Å². The fourth-order valence-electron chi connectivity index (χ4n) is 4.66. The fraction of sp³-hybridized carbons (Fsp3) is 0.550. The molecule has 2 saturated heterocycles. The Balaban J connectivity index is 1.55. The minimum atomic E-state index is -0.910. The number of fused-ring (bicyclic) bond motifs is 2.